The number of ether oxygens (including phenoxy) is 1. The van der Waals surface area contributed by atoms with Crippen LogP contribution in [0.4, 0.5) is 0 Å². The molecule has 100 valence electrons. The number of aliphatic hydroxyl groups excluding tert-OH is 2. The quantitative estimate of drug-likeness (QED) is 0.582. The first-order valence-corrected chi connectivity index (χ1v) is 6.60. The molecule has 18 heavy (non-hydrogen) atoms. The Bertz CT molecular complexity index is 554. The molecular formula is C9H10Br2N2O5. The molecule has 3 N–H and O–H groups in total. The van der Waals surface area contributed by atoms with E-state index in [2.05, 4.69) is 36.8 Å². The molecule has 0 spiro atoms. The minimum atomic E-state index is -1.13. The summed E-state index contributed by atoms with van der Waals surface area (Å²) in [5.41, 5.74) is -1.19. The summed E-state index contributed by atoms with van der Waals surface area (Å²) in [7, 11) is 0. The number of nitrogens with one attached hydrogen (secondary N) is 1. The lowest BCUT2D eigenvalue weighted by atomic mass is 10.2. The van der Waals surface area contributed by atoms with E-state index >= 15 is 0 Å². The van der Waals surface area contributed by atoms with Crippen LogP contribution in [0, 0.1) is 0 Å². The fourth-order valence-corrected chi connectivity index (χ4v) is 2.98. The fourth-order valence-electron chi connectivity index (χ4n) is 1.73. The number of halogens is 2. The molecule has 1 aromatic heterocycles. The van der Waals surface area contributed by atoms with E-state index in [4.69, 9.17) is 9.84 Å². The molecule has 1 aliphatic rings. The summed E-state index contributed by atoms with van der Waals surface area (Å²) in [4.78, 5) is 24.7. The Hall–Kier alpha value is -0.480. The number of aliphatic hydroxyl groups is 2. The van der Waals surface area contributed by atoms with E-state index in [9.17, 15) is 14.7 Å². The normalized spacial score (nSPS) is 30.6. The summed E-state index contributed by atoms with van der Waals surface area (Å²) in [6.07, 6.45) is -1.55. The number of hydrogen-bond donors (Lipinski definition) is 3. The third kappa shape index (κ3) is 2.21. The SMILES string of the molecule is O=c1ccn([C@@H]2O[C@H](CO)[C@@H](O)C2(Br)Br)c(=O)[nH]1. The van der Waals surface area contributed by atoms with E-state index in [0.717, 1.165) is 4.57 Å². The third-order valence-electron chi connectivity index (χ3n) is 2.66. The van der Waals surface area contributed by atoms with Gasteiger partial charge in [0, 0.05) is 12.3 Å². The second kappa shape index (κ2) is 4.89. The van der Waals surface area contributed by atoms with Crippen molar-refractivity contribution >= 4 is 31.9 Å². The molecule has 2 heterocycles. The average Bonchev–Trinajstić information content (AvgIpc) is 2.52. The maximum atomic E-state index is 11.7. The monoisotopic (exact) mass is 384 g/mol. The number of nitrogens with zero attached hydrogens (tertiary/aromatic N) is 1. The predicted molar refractivity (Wildman–Crippen MR) is 68.9 cm³/mol. The molecule has 1 aliphatic heterocycles. The first-order chi connectivity index (χ1) is 8.37. The van der Waals surface area contributed by atoms with E-state index in [0.29, 0.717) is 0 Å². The van der Waals surface area contributed by atoms with Crippen LogP contribution in [0.2, 0.25) is 0 Å². The summed E-state index contributed by atoms with van der Waals surface area (Å²) in [5.74, 6) is 0. The summed E-state index contributed by atoms with van der Waals surface area (Å²) in [6.45, 7) is -0.394. The first kappa shape index (κ1) is 13.9. The van der Waals surface area contributed by atoms with Crippen molar-refractivity contribution in [2.75, 3.05) is 6.61 Å². The Morgan fingerprint density at radius 2 is 2.17 bits per heavy atom. The molecule has 0 saturated carbocycles. The van der Waals surface area contributed by atoms with Crippen molar-refractivity contribution in [2.45, 2.75) is 21.7 Å². The molecule has 1 aromatic rings. The minimum Gasteiger partial charge on any atom is -0.394 e. The molecule has 9 heteroatoms. The lowest BCUT2D eigenvalue weighted by Crippen LogP contribution is -2.40. The topological polar surface area (TPSA) is 105 Å². The van der Waals surface area contributed by atoms with Gasteiger partial charge in [-0.1, -0.05) is 31.9 Å². The van der Waals surface area contributed by atoms with Crippen molar-refractivity contribution in [2.24, 2.45) is 0 Å². The molecule has 2 rings (SSSR count). The maximum Gasteiger partial charge on any atom is 0.330 e. The maximum absolute atomic E-state index is 11.7. The van der Waals surface area contributed by atoms with Gasteiger partial charge in [0.2, 0.25) is 0 Å². The van der Waals surface area contributed by atoms with Gasteiger partial charge in [-0.3, -0.25) is 14.3 Å². The van der Waals surface area contributed by atoms with Gasteiger partial charge in [-0.15, -0.1) is 0 Å². The van der Waals surface area contributed by atoms with Gasteiger partial charge in [0.1, 0.15) is 12.2 Å². The second-order valence-electron chi connectivity index (χ2n) is 3.85. The Morgan fingerprint density at radius 1 is 1.50 bits per heavy atom. The van der Waals surface area contributed by atoms with Crippen molar-refractivity contribution in [3.05, 3.63) is 33.1 Å². The number of aromatic nitrogens is 2. The highest BCUT2D eigenvalue weighted by Crippen LogP contribution is 2.48. The van der Waals surface area contributed by atoms with Crippen LogP contribution in [0.25, 0.3) is 0 Å². The lowest BCUT2D eigenvalue weighted by Gasteiger charge is -2.24. The summed E-state index contributed by atoms with van der Waals surface area (Å²) in [6, 6.07) is 1.17. The van der Waals surface area contributed by atoms with Gasteiger partial charge in [0.05, 0.1) is 6.61 Å². The van der Waals surface area contributed by atoms with Crippen molar-refractivity contribution in [3.63, 3.8) is 0 Å². The van der Waals surface area contributed by atoms with Crippen molar-refractivity contribution < 1.29 is 14.9 Å². The fraction of sp³-hybridized carbons (Fsp3) is 0.556. The Labute approximate surface area is 118 Å². The second-order valence-corrected chi connectivity index (χ2v) is 7.53. The molecule has 1 fully saturated rings. The smallest absolute Gasteiger partial charge is 0.330 e. The third-order valence-corrected chi connectivity index (χ3v) is 4.38. The molecule has 0 unspecified atom stereocenters. The number of rotatable bonds is 2. The van der Waals surface area contributed by atoms with E-state index in [1.807, 2.05) is 0 Å². The van der Waals surface area contributed by atoms with Gasteiger partial charge in [0.15, 0.2) is 9.46 Å². The van der Waals surface area contributed by atoms with Crippen LogP contribution in [0.5, 0.6) is 0 Å². The lowest BCUT2D eigenvalue weighted by molar-refractivity contribution is -0.0459. The molecule has 7 nitrogen and oxygen atoms in total. The Kier molecular flexibility index (Phi) is 3.79. The van der Waals surface area contributed by atoms with Gasteiger partial charge >= 0.3 is 5.69 Å². The highest BCUT2D eigenvalue weighted by atomic mass is 79.9. The van der Waals surface area contributed by atoms with Crippen LogP contribution < -0.4 is 11.2 Å². The number of alkyl halides is 2. The molecule has 0 aliphatic carbocycles. The predicted octanol–water partition coefficient (Wildman–Crippen LogP) is -0.727. The van der Waals surface area contributed by atoms with Crippen LogP contribution in [-0.2, 0) is 4.74 Å². The van der Waals surface area contributed by atoms with E-state index < -0.39 is 39.5 Å². The van der Waals surface area contributed by atoms with Crippen LogP contribution >= 0.6 is 31.9 Å². The van der Waals surface area contributed by atoms with Crippen molar-refractivity contribution in [1.29, 1.82) is 0 Å². The molecular weight excluding hydrogens is 376 g/mol. The van der Waals surface area contributed by atoms with Gasteiger partial charge < -0.3 is 14.9 Å². The van der Waals surface area contributed by atoms with Gasteiger partial charge in [-0.2, -0.15) is 0 Å². The standard InChI is InChI=1S/C9H10Br2N2O5/c10-9(11)6(16)4(3-14)18-7(9)13-2-1-5(15)12-8(13)17/h1-2,4,6-7,14,16H,3H2,(H,12,15,17)/t4-,6-,7-/m1/s1. The zero-order chi connectivity index (χ0) is 13.5. The van der Waals surface area contributed by atoms with E-state index in [-0.39, 0.29) is 0 Å². The largest absolute Gasteiger partial charge is 0.394 e. The van der Waals surface area contributed by atoms with Gasteiger partial charge in [-0.25, -0.2) is 4.79 Å². The number of H-pyrrole nitrogens is 1. The molecule has 0 radical (unpaired) electrons. The van der Waals surface area contributed by atoms with Gasteiger partial charge in [0.25, 0.3) is 5.56 Å². The zero-order valence-electron chi connectivity index (χ0n) is 8.92. The van der Waals surface area contributed by atoms with E-state index in [1.165, 1.54) is 12.3 Å². The summed E-state index contributed by atoms with van der Waals surface area (Å²) < 4.78 is 5.38. The first-order valence-electron chi connectivity index (χ1n) is 5.01. The van der Waals surface area contributed by atoms with Crippen LogP contribution in [0.15, 0.2) is 21.9 Å². The molecule has 0 amide bonds. The number of aromatic amines is 1. The van der Waals surface area contributed by atoms with Crippen molar-refractivity contribution in [3.8, 4) is 0 Å². The molecule has 3 atom stereocenters. The average molecular weight is 386 g/mol. The Morgan fingerprint density at radius 3 is 2.67 bits per heavy atom. The van der Waals surface area contributed by atoms with Gasteiger partial charge in [-0.05, 0) is 0 Å². The van der Waals surface area contributed by atoms with Crippen LogP contribution in [0.3, 0.4) is 0 Å². The minimum absolute atomic E-state index is 0.394. The summed E-state index contributed by atoms with van der Waals surface area (Å²) in [5, 5.41) is 19.0. The Balaban J connectivity index is 2.45. The van der Waals surface area contributed by atoms with Crippen LogP contribution in [0.1, 0.15) is 6.23 Å². The van der Waals surface area contributed by atoms with E-state index in [1.54, 1.807) is 0 Å². The number of hydrogen-bond acceptors (Lipinski definition) is 5. The van der Waals surface area contributed by atoms with Crippen molar-refractivity contribution in [1.82, 2.24) is 9.55 Å². The zero-order valence-corrected chi connectivity index (χ0v) is 12.1. The molecule has 0 aromatic carbocycles. The molecule has 1 saturated heterocycles. The summed E-state index contributed by atoms with van der Waals surface area (Å²) >= 11 is 6.45. The highest BCUT2D eigenvalue weighted by Gasteiger charge is 2.54. The highest BCUT2D eigenvalue weighted by molar-refractivity contribution is 9.25. The van der Waals surface area contributed by atoms with Crippen LogP contribution in [-0.4, -0.2) is 41.8 Å². The molecule has 0 bridgehead atoms.